The Balaban J connectivity index is 1.60. The topological polar surface area (TPSA) is 34.0 Å². The number of hydrogen-bond acceptors (Lipinski definition) is 3. The Morgan fingerprint density at radius 3 is 2.77 bits per heavy atom. The van der Waals surface area contributed by atoms with E-state index < -0.39 is 0 Å². The highest BCUT2D eigenvalue weighted by atomic mass is 15.3. The molecule has 0 aliphatic carbocycles. The summed E-state index contributed by atoms with van der Waals surface area (Å²) in [6.45, 7) is 6.63. The standard InChI is InChI=1S/C18H26N4/c1-15(2)22-18(9-12-20-22)14-21-13-3-4-17(21)6-5-16-7-10-19-11-8-16/h7-12,15,17H,3-6,13-14H2,1-2H3/t17-/m0/s1. The summed E-state index contributed by atoms with van der Waals surface area (Å²) in [4.78, 5) is 6.73. The van der Waals surface area contributed by atoms with E-state index in [-0.39, 0.29) is 0 Å². The van der Waals surface area contributed by atoms with E-state index in [4.69, 9.17) is 0 Å². The molecule has 1 saturated heterocycles. The molecular formula is C18H26N4. The fourth-order valence-electron chi connectivity index (χ4n) is 3.45. The van der Waals surface area contributed by atoms with Crippen LogP contribution in [0, 0.1) is 0 Å². The molecule has 118 valence electrons. The van der Waals surface area contributed by atoms with Crippen molar-refractivity contribution in [1.29, 1.82) is 0 Å². The molecule has 0 aromatic carbocycles. The van der Waals surface area contributed by atoms with Crippen molar-refractivity contribution in [2.45, 2.75) is 58.2 Å². The van der Waals surface area contributed by atoms with Crippen LogP contribution in [-0.2, 0) is 13.0 Å². The van der Waals surface area contributed by atoms with Gasteiger partial charge in [-0.3, -0.25) is 14.6 Å². The first-order valence-corrected chi connectivity index (χ1v) is 8.39. The van der Waals surface area contributed by atoms with Crippen molar-refractivity contribution in [3.63, 3.8) is 0 Å². The average molecular weight is 298 g/mol. The molecule has 1 atom stereocenters. The molecule has 2 aromatic heterocycles. The highest BCUT2D eigenvalue weighted by Crippen LogP contribution is 2.24. The summed E-state index contributed by atoms with van der Waals surface area (Å²) in [5, 5.41) is 4.46. The third-order valence-electron chi connectivity index (χ3n) is 4.62. The van der Waals surface area contributed by atoms with Crippen molar-refractivity contribution in [2.24, 2.45) is 0 Å². The van der Waals surface area contributed by atoms with Crippen LogP contribution in [0.5, 0.6) is 0 Å². The number of pyridine rings is 1. The normalized spacial score (nSPS) is 19.1. The molecule has 0 spiro atoms. The molecule has 0 saturated carbocycles. The SMILES string of the molecule is CC(C)n1nccc1CN1CCC[C@H]1CCc1ccncc1. The van der Waals surface area contributed by atoms with Crippen LogP contribution in [-0.4, -0.2) is 32.3 Å². The van der Waals surface area contributed by atoms with Crippen LogP contribution in [0.25, 0.3) is 0 Å². The number of rotatable bonds is 6. The van der Waals surface area contributed by atoms with Crippen molar-refractivity contribution in [3.8, 4) is 0 Å². The largest absolute Gasteiger partial charge is 0.295 e. The lowest BCUT2D eigenvalue weighted by molar-refractivity contribution is 0.226. The molecule has 1 fully saturated rings. The highest BCUT2D eigenvalue weighted by molar-refractivity contribution is 5.10. The minimum Gasteiger partial charge on any atom is -0.295 e. The maximum Gasteiger partial charge on any atom is 0.0527 e. The first kappa shape index (κ1) is 15.2. The molecular weight excluding hydrogens is 272 g/mol. The zero-order chi connectivity index (χ0) is 15.4. The molecule has 0 N–H and O–H groups in total. The van der Waals surface area contributed by atoms with Gasteiger partial charge in [0.15, 0.2) is 0 Å². The second kappa shape index (κ2) is 7.05. The number of hydrogen-bond donors (Lipinski definition) is 0. The smallest absolute Gasteiger partial charge is 0.0527 e. The zero-order valence-corrected chi connectivity index (χ0v) is 13.7. The molecule has 4 heteroatoms. The highest BCUT2D eigenvalue weighted by Gasteiger charge is 2.25. The van der Waals surface area contributed by atoms with Crippen molar-refractivity contribution in [2.75, 3.05) is 6.54 Å². The molecule has 1 aliphatic heterocycles. The van der Waals surface area contributed by atoms with Gasteiger partial charge in [-0.1, -0.05) is 0 Å². The third kappa shape index (κ3) is 3.55. The Morgan fingerprint density at radius 2 is 2.00 bits per heavy atom. The predicted octanol–water partition coefficient (Wildman–Crippen LogP) is 3.46. The van der Waals surface area contributed by atoms with Crippen LogP contribution < -0.4 is 0 Å². The molecule has 4 nitrogen and oxygen atoms in total. The minimum absolute atomic E-state index is 0.433. The van der Waals surface area contributed by atoms with Crippen LogP contribution in [0.2, 0.25) is 0 Å². The monoisotopic (exact) mass is 298 g/mol. The van der Waals surface area contributed by atoms with Crippen molar-refractivity contribution in [1.82, 2.24) is 19.7 Å². The Kier molecular flexibility index (Phi) is 4.88. The van der Waals surface area contributed by atoms with Gasteiger partial charge in [-0.2, -0.15) is 5.10 Å². The maximum absolute atomic E-state index is 4.46. The summed E-state index contributed by atoms with van der Waals surface area (Å²) < 4.78 is 2.15. The van der Waals surface area contributed by atoms with Crippen LogP contribution in [0.3, 0.4) is 0 Å². The van der Waals surface area contributed by atoms with E-state index >= 15 is 0 Å². The summed E-state index contributed by atoms with van der Waals surface area (Å²) in [6, 6.07) is 7.56. The van der Waals surface area contributed by atoms with Crippen molar-refractivity contribution >= 4 is 0 Å². The Labute approximate surface area is 133 Å². The van der Waals surface area contributed by atoms with E-state index in [2.05, 4.69) is 51.7 Å². The number of likely N-dealkylation sites (tertiary alicyclic amines) is 1. The fourth-order valence-corrected chi connectivity index (χ4v) is 3.45. The molecule has 0 radical (unpaired) electrons. The summed E-state index contributed by atoms with van der Waals surface area (Å²) in [7, 11) is 0. The van der Waals surface area contributed by atoms with E-state index in [1.807, 2.05) is 18.6 Å². The summed E-state index contributed by atoms with van der Waals surface area (Å²) in [6.07, 6.45) is 10.7. The number of aryl methyl sites for hydroxylation is 1. The van der Waals surface area contributed by atoms with Gasteiger partial charge in [-0.25, -0.2) is 0 Å². The number of aromatic nitrogens is 3. The molecule has 0 amide bonds. The summed E-state index contributed by atoms with van der Waals surface area (Å²) >= 11 is 0. The fraction of sp³-hybridized carbons (Fsp3) is 0.556. The van der Waals surface area contributed by atoms with Gasteiger partial charge >= 0.3 is 0 Å². The average Bonchev–Trinajstić information content (AvgIpc) is 3.16. The van der Waals surface area contributed by atoms with Crippen molar-refractivity contribution < 1.29 is 0 Å². The van der Waals surface area contributed by atoms with Gasteiger partial charge in [0.1, 0.15) is 0 Å². The predicted molar refractivity (Wildman–Crippen MR) is 88.6 cm³/mol. The molecule has 1 aliphatic rings. The third-order valence-corrected chi connectivity index (χ3v) is 4.62. The van der Waals surface area contributed by atoms with Gasteiger partial charge in [-0.05, 0) is 69.8 Å². The van der Waals surface area contributed by atoms with Gasteiger partial charge in [-0.15, -0.1) is 0 Å². The summed E-state index contributed by atoms with van der Waals surface area (Å²) in [5.41, 5.74) is 2.74. The minimum atomic E-state index is 0.433. The van der Waals surface area contributed by atoms with Gasteiger partial charge in [0.05, 0.1) is 5.69 Å². The first-order chi connectivity index (χ1) is 10.7. The van der Waals surface area contributed by atoms with E-state index in [1.54, 1.807) is 0 Å². The second-order valence-electron chi connectivity index (χ2n) is 6.52. The second-order valence-corrected chi connectivity index (χ2v) is 6.52. The van der Waals surface area contributed by atoms with Crippen LogP contribution in [0.15, 0.2) is 36.8 Å². The van der Waals surface area contributed by atoms with Crippen LogP contribution in [0.1, 0.15) is 50.4 Å². The Bertz CT molecular complexity index is 576. The summed E-state index contributed by atoms with van der Waals surface area (Å²) in [5.74, 6) is 0. The van der Waals surface area contributed by atoms with E-state index in [9.17, 15) is 0 Å². The van der Waals surface area contributed by atoms with E-state index in [1.165, 1.54) is 37.1 Å². The van der Waals surface area contributed by atoms with Crippen LogP contribution in [0.4, 0.5) is 0 Å². The lowest BCUT2D eigenvalue weighted by atomic mass is 10.0. The Morgan fingerprint density at radius 1 is 1.18 bits per heavy atom. The molecule has 3 heterocycles. The zero-order valence-electron chi connectivity index (χ0n) is 13.7. The van der Waals surface area contributed by atoms with Gasteiger partial charge in [0.2, 0.25) is 0 Å². The lowest BCUT2D eigenvalue weighted by Crippen LogP contribution is -2.30. The maximum atomic E-state index is 4.46. The van der Waals surface area contributed by atoms with Gasteiger partial charge in [0.25, 0.3) is 0 Å². The Hall–Kier alpha value is -1.68. The van der Waals surface area contributed by atoms with Gasteiger partial charge < -0.3 is 0 Å². The molecule has 0 bridgehead atoms. The number of nitrogens with zero attached hydrogens (tertiary/aromatic N) is 4. The van der Waals surface area contributed by atoms with Crippen molar-refractivity contribution in [3.05, 3.63) is 48.0 Å². The molecule has 22 heavy (non-hydrogen) atoms. The quantitative estimate of drug-likeness (QED) is 0.819. The van der Waals surface area contributed by atoms with E-state index in [0.29, 0.717) is 12.1 Å². The molecule has 0 unspecified atom stereocenters. The van der Waals surface area contributed by atoms with Crippen LogP contribution >= 0.6 is 0 Å². The lowest BCUT2D eigenvalue weighted by Gasteiger charge is -2.25. The van der Waals surface area contributed by atoms with Gasteiger partial charge in [0, 0.05) is 37.2 Å². The molecule has 3 rings (SSSR count). The van der Waals surface area contributed by atoms with E-state index in [0.717, 1.165) is 13.0 Å². The molecule has 2 aromatic rings. The first-order valence-electron chi connectivity index (χ1n) is 8.39.